The molecule has 0 aromatic carbocycles. The van der Waals surface area contributed by atoms with Crippen molar-refractivity contribution in [3.8, 4) is 6.07 Å². The minimum absolute atomic E-state index is 0.432. The Kier molecular flexibility index (Phi) is 3.04. The summed E-state index contributed by atoms with van der Waals surface area (Å²) in [5.74, 6) is 1.37. The third kappa shape index (κ3) is 2.48. The number of aromatic nitrogens is 2. The molecule has 0 radical (unpaired) electrons. The zero-order valence-electron chi connectivity index (χ0n) is 9.70. The summed E-state index contributed by atoms with van der Waals surface area (Å²) in [5.41, 5.74) is 1.26. The fourth-order valence-electron chi connectivity index (χ4n) is 2.21. The summed E-state index contributed by atoms with van der Waals surface area (Å²) in [4.78, 5) is 8.45. The molecule has 4 nitrogen and oxygen atoms in total. The molecule has 2 rings (SSSR count). The predicted molar refractivity (Wildman–Crippen MR) is 61.9 cm³/mol. The van der Waals surface area contributed by atoms with Crippen LogP contribution in [0.1, 0.15) is 37.6 Å². The molecule has 1 aliphatic carbocycles. The number of nitrogens with zero attached hydrogens (tertiary/aromatic N) is 3. The number of anilines is 1. The molecular weight excluding hydrogens is 200 g/mol. The highest BCUT2D eigenvalue weighted by Crippen LogP contribution is 2.26. The van der Waals surface area contributed by atoms with E-state index in [1.165, 1.54) is 19.3 Å². The normalized spacial score (nSPS) is 24.1. The topological polar surface area (TPSA) is 61.6 Å². The molecule has 0 aliphatic heterocycles. The van der Waals surface area contributed by atoms with E-state index in [0.717, 1.165) is 11.6 Å². The van der Waals surface area contributed by atoms with E-state index in [9.17, 15) is 0 Å². The van der Waals surface area contributed by atoms with Gasteiger partial charge in [-0.05, 0) is 38.2 Å². The van der Waals surface area contributed by atoms with Gasteiger partial charge in [0.2, 0.25) is 5.95 Å². The Labute approximate surface area is 95.7 Å². The summed E-state index contributed by atoms with van der Waals surface area (Å²) >= 11 is 0. The molecule has 0 spiro atoms. The van der Waals surface area contributed by atoms with E-state index in [-0.39, 0.29) is 0 Å². The van der Waals surface area contributed by atoms with Crippen molar-refractivity contribution >= 4 is 5.95 Å². The molecular formula is C12H16N4. The molecule has 2 unspecified atom stereocenters. The summed E-state index contributed by atoms with van der Waals surface area (Å²) in [7, 11) is 0. The minimum atomic E-state index is 0.432. The molecule has 16 heavy (non-hydrogen) atoms. The molecule has 0 saturated heterocycles. The van der Waals surface area contributed by atoms with Gasteiger partial charge in [0.05, 0.1) is 0 Å². The molecule has 84 valence electrons. The van der Waals surface area contributed by atoms with Crippen LogP contribution in [0.5, 0.6) is 0 Å². The molecule has 0 amide bonds. The van der Waals surface area contributed by atoms with Crippen LogP contribution in [0.4, 0.5) is 5.95 Å². The first-order chi connectivity index (χ1) is 7.67. The van der Waals surface area contributed by atoms with E-state index >= 15 is 0 Å². The molecule has 1 aliphatic rings. The van der Waals surface area contributed by atoms with Gasteiger partial charge in [-0.1, -0.05) is 6.92 Å². The number of aryl methyl sites for hydroxylation is 1. The van der Waals surface area contributed by atoms with Crippen LogP contribution in [0.15, 0.2) is 6.07 Å². The number of nitrogens with one attached hydrogen (secondary N) is 1. The van der Waals surface area contributed by atoms with Crippen molar-refractivity contribution in [3.63, 3.8) is 0 Å². The van der Waals surface area contributed by atoms with Crippen LogP contribution in [0, 0.1) is 24.2 Å². The molecule has 0 bridgehead atoms. The molecule has 1 saturated carbocycles. The maximum atomic E-state index is 8.82. The monoisotopic (exact) mass is 216 g/mol. The molecule has 2 atom stereocenters. The Morgan fingerprint density at radius 1 is 1.44 bits per heavy atom. The van der Waals surface area contributed by atoms with Gasteiger partial charge in [-0.3, -0.25) is 0 Å². The SMILES string of the molecule is Cc1cc(C#N)nc(NC2CCC(C)C2)n1. The van der Waals surface area contributed by atoms with E-state index in [1.807, 2.05) is 6.92 Å². The molecule has 1 fully saturated rings. The van der Waals surface area contributed by atoms with Gasteiger partial charge in [0.25, 0.3) is 0 Å². The average Bonchev–Trinajstić information content (AvgIpc) is 2.63. The lowest BCUT2D eigenvalue weighted by Gasteiger charge is -2.12. The second kappa shape index (κ2) is 4.48. The van der Waals surface area contributed by atoms with E-state index < -0.39 is 0 Å². The predicted octanol–water partition coefficient (Wildman–Crippen LogP) is 2.26. The first kappa shape index (κ1) is 10.9. The van der Waals surface area contributed by atoms with Crippen molar-refractivity contribution in [2.75, 3.05) is 5.32 Å². The van der Waals surface area contributed by atoms with Crippen LogP contribution in [0.3, 0.4) is 0 Å². The first-order valence-electron chi connectivity index (χ1n) is 5.69. The Morgan fingerprint density at radius 3 is 2.88 bits per heavy atom. The van der Waals surface area contributed by atoms with Gasteiger partial charge in [0, 0.05) is 11.7 Å². The largest absolute Gasteiger partial charge is 0.351 e. The van der Waals surface area contributed by atoms with Crippen LogP contribution >= 0.6 is 0 Å². The third-order valence-electron chi connectivity index (χ3n) is 3.00. The highest BCUT2D eigenvalue weighted by molar-refractivity contribution is 5.34. The van der Waals surface area contributed by atoms with Crippen molar-refractivity contribution in [3.05, 3.63) is 17.5 Å². The van der Waals surface area contributed by atoms with E-state index in [1.54, 1.807) is 6.07 Å². The highest BCUT2D eigenvalue weighted by Gasteiger charge is 2.21. The molecule has 1 heterocycles. The number of nitriles is 1. The van der Waals surface area contributed by atoms with Crippen LogP contribution < -0.4 is 5.32 Å². The van der Waals surface area contributed by atoms with Gasteiger partial charge in [-0.2, -0.15) is 5.26 Å². The highest BCUT2D eigenvalue weighted by atomic mass is 15.1. The van der Waals surface area contributed by atoms with Crippen molar-refractivity contribution in [2.45, 2.75) is 39.2 Å². The fourth-order valence-corrected chi connectivity index (χ4v) is 2.21. The molecule has 4 heteroatoms. The lowest BCUT2D eigenvalue weighted by molar-refractivity contribution is 0.601. The second-order valence-electron chi connectivity index (χ2n) is 4.59. The van der Waals surface area contributed by atoms with Gasteiger partial charge in [-0.15, -0.1) is 0 Å². The van der Waals surface area contributed by atoms with Crippen molar-refractivity contribution in [2.24, 2.45) is 5.92 Å². The number of hydrogen-bond acceptors (Lipinski definition) is 4. The van der Waals surface area contributed by atoms with E-state index in [4.69, 9.17) is 5.26 Å². The first-order valence-corrected chi connectivity index (χ1v) is 5.69. The van der Waals surface area contributed by atoms with Crippen LogP contribution in [-0.2, 0) is 0 Å². The Morgan fingerprint density at radius 2 is 2.25 bits per heavy atom. The Hall–Kier alpha value is -1.63. The van der Waals surface area contributed by atoms with Crippen LogP contribution in [-0.4, -0.2) is 16.0 Å². The number of rotatable bonds is 2. The standard InChI is InChI=1S/C12H16N4/c1-8-3-4-10(5-8)15-12-14-9(2)6-11(7-13)16-12/h6,8,10H,3-5H2,1-2H3,(H,14,15,16). The summed E-state index contributed by atoms with van der Waals surface area (Å²) in [6.45, 7) is 4.14. The minimum Gasteiger partial charge on any atom is -0.351 e. The summed E-state index contributed by atoms with van der Waals surface area (Å²) in [6.07, 6.45) is 3.59. The van der Waals surface area contributed by atoms with Crippen molar-refractivity contribution < 1.29 is 0 Å². The zero-order chi connectivity index (χ0) is 11.5. The maximum Gasteiger partial charge on any atom is 0.224 e. The average molecular weight is 216 g/mol. The maximum absolute atomic E-state index is 8.82. The summed E-state index contributed by atoms with van der Waals surface area (Å²) in [6, 6.07) is 4.21. The van der Waals surface area contributed by atoms with Crippen molar-refractivity contribution in [1.29, 1.82) is 5.26 Å². The molecule has 1 aromatic heterocycles. The van der Waals surface area contributed by atoms with Gasteiger partial charge in [0.1, 0.15) is 11.8 Å². The van der Waals surface area contributed by atoms with Gasteiger partial charge in [-0.25, -0.2) is 9.97 Å². The molecule has 1 aromatic rings. The van der Waals surface area contributed by atoms with Gasteiger partial charge >= 0.3 is 0 Å². The van der Waals surface area contributed by atoms with Crippen LogP contribution in [0.2, 0.25) is 0 Å². The molecule has 1 N–H and O–H groups in total. The zero-order valence-corrected chi connectivity index (χ0v) is 9.70. The Bertz CT molecular complexity index is 422. The number of hydrogen-bond donors (Lipinski definition) is 1. The van der Waals surface area contributed by atoms with Gasteiger partial charge < -0.3 is 5.32 Å². The lowest BCUT2D eigenvalue weighted by atomic mass is 10.1. The third-order valence-corrected chi connectivity index (χ3v) is 3.00. The summed E-state index contributed by atoms with van der Waals surface area (Å²) < 4.78 is 0. The smallest absolute Gasteiger partial charge is 0.224 e. The van der Waals surface area contributed by atoms with E-state index in [2.05, 4.69) is 28.3 Å². The fraction of sp³-hybridized carbons (Fsp3) is 0.583. The Balaban J connectivity index is 2.10. The van der Waals surface area contributed by atoms with Crippen LogP contribution in [0.25, 0.3) is 0 Å². The summed E-state index contributed by atoms with van der Waals surface area (Å²) in [5, 5.41) is 12.1. The lowest BCUT2D eigenvalue weighted by Crippen LogP contribution is -2.17. The second-order valence-corrected chi connectivity index (χ2v) is 4.59. The quantitative estimate of drug-likeness (QED) is 0.823. The van der Waals surface area contributed by atoms with Gasteiger partial charge in [0.15, 0.2) is 0 Å². The van der Waals surface area contributed by atoms with Crippen molar-refractivity contribution in [1.82, 2.24) is 9.97 Å². The van der Waals surface area contributed by atoms with E-state index in [0.29, 0.717) is 17.7 Å².